The Morgan fingerprint density at radius 1 is 1.56 bits per heavy atom. The van der Waals surface area contributed by atoms with E-state index in [1.807, 2.05) is 13.8 Å². The van der Waals surface area contributed by atoms with Crippen molar-refractivity contribution < 1.29 is 4.79 Å². The first-order valence-corrected chi connectivity index (χ1v) is 5.45. The molecule has 0 bridgehead atoms. The number of nitrogens with two attached hydrogens (primary N) is 1. The first kappa shape index (κ1) is 12.9. The number of halogens is 1. The number of carbonyl (C=O) groups excluding carboxylic acids is 1. The molecule has 0 radical (unpaired) electrons. The van der Waals surface area contributed by atoms with E-state index in [0.29, 0.717) is 23.7 Å². The number of rotatable bonds is 4. The molecular weight excluding hydrogens is 226 g/mol. The van der Waals surface area contributed by atoms with Gasteiger partial charge in [-0.2, -0.15) is 0 Å². The predicted molar refractivity (Wildman–Crippen MR) is 65.4 cm³/mol. The van der Waals surface area contributed by atoms with Crippen molar-refractivity contribution in [1.29, 1.82) is 0 Å². The highest BCUT2D eigenvalue weighted by molar-refractivity contribution is 6.30. The van der Waals surface area contributed by atoms with Gasteiger partial charge in [-0.15, -0.1) is 0 Å². The molecule has 0 aliphatic heterocycles. The molecule has 4 nitrogen and oxygen atoms in total. The standard InChI is InChI=1S/C11H16ClN3O/c1-11(2,13)6-5-10(16)15-9-4-3-8(12)7-14-9/h3-4,7H,5-6,13H2,1-2H3,(H,14,15,16). The normalized spacial score (nSPS) is 11.2. The van der Waals surface area contributed by atoms with Crippen LogP contribution in [0.25, 0.3) is 0 Å². The van der Waals surface area contributed by atoms with E-state index in [-0.39, 0.29) is 11.4 Å². The second kappa shape index (κ2) is 5.27. The topological polar surface area (TPSA) is 68.0 Å². The van der Waals surface area contributed by atoms with Crippen LogP contribution in [-0.4, -0.2) is 16.4 Å². The fraction of sp³-hybridized carbons (Fsp3) is 0.455. The van der Waals surface area contributed by atoms with Gasteiger partial charge in [-0.05, 0) is 32.4 Å². The lowest BCUT2D eigenvalue weighted by Gasteiger charge is -2.17. The predicted octanol–water partition coefficient (Wildman–Crippen LogP) is 2.19. The lowest BCUT2D eigenvalue weighted by Crippen LogP contribution is -2.33. The first-order valence-electron chi connectivity index (χ1n) is 5.07. The molecule has 88 valence electrons. The third kappa shape index (κ3) is 5.09. The molecule has 1 aromatic rings. The summed E-state index contributed by atoms with van der Waals surface area (Å²) < 4.78 is 0. The van der Waals surface area contributed by atoms with Crippen LogP contribution in [0.15, 0.2) is 18.3 Å². The summed E-state index contributed by atoms with van der Waals surface area (Å²) in [5, 5.41) is 3.22. The number of anilines is 1. The maximum absolute atomic E-state index is 11.5. The largest absolute Gasteiger partial charge is 0.326 e. The summed E-state index contributed by atoms with van der Waals surface area (Å²) in [5.41, 5.74) is 5.46. The molecular formula is C11H16ClN3O. The Kier molecular flexibility index (Phi) is 4.26. The van der Waals surface area contributed by atoms with Crippen molar-refractivity contribution in [2.75, 3.05) is 5.32 Å². The Balaban J connectivity index is 2.43. The van der Waals surface area contributed by atoms with Crippen LogP contribution in [0, 0.1) is 0 Å². The van der Waals surface area contributed by atoms with E-state index in [2.05, 4.69) is 10.3 Å². The number of carbonyl (C=O) groups is 1. The molecule has 0 aromatic carbocycles. The van der Waals surface area contributed by atoms with Gasteiger partial charge in [0.25, 0.3) is 0 Å². The van der Waals surface area contributed by atoms with E-state index < -0.39 is 0 Å². The molecule has 0 saturated heterocycles. The molecule has 0 aliphatic carbocycles. The Morgan fingerprint density at radius 2 is 2.25 bits per heavy atom. The van der Waals surface area contributed by atoms with E-state index in [1.165, 1.54) is 6.20 Å². The fourth-order valence-electron chi connectivity index (χ4n) is 1.09. The van der Waals surface area contributed by atoms with Gasteiger partial charge < -0.3 is 11.1 Å². The maximum atomic E-state index is 11.5. The molecule has 1 amide bonds. The van der Waals surface area contributed by atoms with Gasteiger partial charge in [-0.3, -0.25) is 4.79 Å². The van der Waals surface area contributed by atoms with Crippen molar-refractivity contribution >= 4 is 23.3 Å². The number of amides is 1. The van der Waals surface area contributed by atoms with E-state index in [1.54, 1.807) is 12.1 Å². The summed E-state index contributed by atoms with van der Waals surface area (Å²) in [6.45, 7) is 3.78. The van der Waals surface area contributed by atoms with Crippen LogP contribution >= 0.6 is 11.6 Å². The molecule has 1 aromatic heterocycles. The number of aromatic nitrogens is 1. The molecule has 0 aliphatic rings. The third-order valence-electron chi connectivity index (χ3n) is 1.99. The minimum atomic E-state index is -0.329. The Morgan fingerprint density at radius 3 is 2.75 bits per heavy atom. The van der Waals surface area contributed by atoms with E-state index in [9.17, 15) is 4.79 Å². The molecule has 0 saturated carbocycles. The zero-order valence-corrected chi connectivity index (χ0v) is 10.2. The number of pyridine rings is 1. The van der Waals surface area contributed by atoms with Crippen LogP contribution in [0.2, 0.25) is 5.02 Å². The molecule has 5 heteroatoms. The molecule has 1 heterocycles. The molecule has 0 atom stereocenters. The minimum Gasteiger partial charge on any atom is -0.326 e. The smallest absolute Gasteiger partial charge is 0.225 e. The minimum absolute atomic E-state index is 0.0895. The summed E-state index contributed by atoms with van der Waals surface area (Å²) in [6.07, 6.45) is 2.50. The lowest BCUT2D eigenvalue weighted by atomic mass is 10.00. The van der Waals surface area contributed by atoms with Gasteiger partial charge in [0, 0.05) is 18.2 Å². The maximum Gasteiger partial charge on any atom is 0.225 e. The SMILES string of the molecule is CC(C)(N)CCC(=O)Nc1ccc(Cl)cn1. The van der Waals surface area contributed by atoms with Crippen molar-refractivity contribution in [3.63, 3.8) is 0 Å². The number of hydrogen-bond acceptors (Lipinski definition) is 3. The number of nitrogens with one attached hydrogen (secondary N) is 1. The van der Waals surface area contributed by atoms with E-state index in [4.69, 9.17) is 17.3 Å². The van der Waals surface area contributed by atoms with Crippen LogP contribution in [0.3, 0.4) is 0 Å². The van der Waals surface area contributed by atoms with Crippen molar-refractivity contribution in [3.05, 3.63) is 23.4 Å². The van der Waals surface area contributed by atoms with Gasteiger partial charge in [0.15, 0.2) is 0 Å². The number of hydrogen-bond donors (Lipinski definition) is 2. The Hall–Kier alpha value is -1.13. The average molecular weight is 242 g/mol. The highest BCUT2D eigenvalue weighted by Gasteiger charge is 2.13. The lowest BCUT2D eigenvalue weighted by molar-refractivity contribution is -0.116. The zero-order valence-electron chi connectivity index (χ0n) is 9.46. The summed E-state index contributed by atoms with van der Waals surface area (Å²) in [6, 6.07) is 3.34. The summed E-state index contributed by atoms with van der Waals surface area (Å²) in [5.74, 6) is 0.414. The molecule has 1 rings (SSSR count). The molecule has 3 N–H and O–H groups in total. The van der Waals surface area contributed by atoms with Crippen LogP contribution in [0.5, 0.6) is 0 Å². The van der Waals surface area contributed by atoms with Gasteiger partial charge in [0.05, 0.1) is 5.02 Å². The fourth-order valence-corrected chi connectivity index (χ4v) is 1.20. The molecule has 0 fully saturated rings. The second-order valence-electron chi connectivity index (χ2n) is 4.40. The van der Waals surface area contributed by atoms with Crippen molar-refractivity contribution in [2.24, 2.45) is 5.73 Å². The quantitative estimate of drug-likeness (QED) is 0.849. The summed E-state index contributed by atoms with van der Waals surface area (Å²) in [7, 11) is 0. The highest BCUT2D eigenvalue weighted by Crippen LogP contribution is 2.11. The molecule has 16 heavy (non-hydrogen) atoms. The zero-order chi connectivity index (χ0) is 12.2. The van der Waals surface area contributed by atoms with E-state index in [0.717, 1.165) is 0 Å². The van der Waals surface area contributed by atoms with E-state index >= 15 is 0 Å². The van der Waals surface area contributed by atoms with Crippen molar-refractivity contribution in [3.8, 4) is 0 Å². The number of nitrogens with zero attached hydrogens (tertiary/aromatic N) is 1. The van der Waals surface area contributed by atoms with Gasteiger partial charge in [-0.25, -0.2) is 4.98 Å². The summed E-state index contributed by atoms with van der Waals surface area (Å²) >= 11 is 5.68. The Labute approximate surface area is 100 Å². The Bertz CT molecular complexity index is 356. The van der Waals surface area contributed by atoms with Crippen molar-refractivity contribution in [1.82, 2.24) is 4.98 Å². The van der Waals surface area contributed by atoms with Gasteiger partial charge in [0.2, 0.25) is 5.91 Å². The van der Waals surface area contributed by atoms with Crippen molar-refractivity contribution in [2.45, 2.75) is 32.2 Å². The van der Waals surface area contributed by atoms with Crippen LogP contribution in [-0.2, 0) is 4.79 Å². The van der Waals surface area contributed by atoms with Crippen LogP contribution in [0.4, 0.5) is 5.82 Å². The third-order valence-corrected chi connectivity index (χ3v) is 2.21. The molecule has 0 spiro atoms. The second-order valence-corrected chi connectivity index (χ2v) is 4.83. The van der Waals surface area contributed by atoms with Gasteiger partial charge in [-0.1, -0.05) is 11.6 Å². The first-order chi connectivity index (χ1) is 7.37. The van der Waals surface area contributed by atoms with Crippen LogP contribution < -0.4 is 11.1 Å². The summed E-state index contributed by atoms with van der Waals surface area (Å²) in [4.78, 5) is 15.5. The van der Waals surface area contributed by atoms with Crippen LogP contribution in [0.1, 0.15) is 26.7 Å². The van der Waals surface area contributed by atoms with Gasteiger partial charge >= 0.3 is 0 Å². The highest BCUT2D eigenvalue weighted by atomic mass is 35.5. The van der Waals surface area contributed by atoms with Gasteiger partial charge in [0.1, 0.15) is 5.82 Å². The molecule has 0 unspecified atom stereocenters. The monoisotopic (exact) mass is 241 g/mol. The average Bonchev–Trinajstić information content (AvgIpc) is 2.18.